The van der Waals surface area contributed by atoms with Crippen molar-refractivity contribution in [3.8, 4) is 0 Å². The van der Waals surface area contributed by atoms with Crippen molar-refractivity contribution in [1.29, 1.82) is 0 Å². The second-order valence-electron chi connectivity index (χ2n) is 6.59. The van der Waals surface area contributed by atoms with Crippen LogP contribution in [0.5, 0.6) is 0 Å². The van der Waals surface area contributed by atoms with Crippen LogP contribution in [-0.2, 0) is 4.74 Å². The summed E-state index contributed by atoms with van der Waals surface area (Å²) < 4.78 is 5.11. The molecular formula is C20H39N5OS. The molecule has 0 aliphatic carbocycles. The Morgan fingerprint density at radius 3 is 2.59 bits per heavy atom. The van der Waals surface area contributed by atoms with E-state index in [4.69, 9.17) is 9.73 Å². The average molecular weight is 398 g/mol. The van der Waals surface area contributed by atoms with Gasteiger partial charge in [0.05, 0.1) is 12.6 Å². The van der Waals surface area contributed by atoms with Gasteiger partial charge in [0.25, 0.3) is 0 Å². The first-order valence-electron chi connectivity index (χ1n) is 10.1. The standard InChI is InChI=1S/C20H39N5OS/c1-6-21-20(22-11-13-24(4)12-9-14-26-5)23-16-19(25(7-2)8-3)18-10-15-27-17-18/h10,15,17,19H,6-9,11-14,16H2,1-5H3,(H2,21,22,23). The van der Waals surface area contributed by atoms with E-state index in [-0.39, 0.29) is 0 Å². The van der Waals surface area contributed by atoms with Crippen molar-refractivity contribution in [3.05, 3.63) is 22.4 Å². The molecule has 0 amide bonds. The zero-order valence-electron chi connectivity index (χ0n) is 17.8. The van der Waals surface area contributed by atoms with E-state index in [1.165, 1.54) is 5.56 Å². The van der Waals surface area contributed by atoms with E-state index >= 15 is 0 Å². The van der Waals surface area contributed by atoms with Crippen LogP contribution in [0.4, 0.5) is 0 Å². The normalized spacial score (nSPS) is 13.4. The lowest BCUT2D eigenvalue weighted by atomic mass is 10.1. The molecule has 0 bridgehead atoms. The zero-order chi connectivity index (χ0) is 19.9. The fourth-order valence-electron chi connectivity index (χ4n) is 3.04. The van der Waals surface area contributed by atoms with E-state index < -0.39 is 0 Å². The second-order valence-corrected chi connectivity index (χ2v) is 7.37. The van der Waals surface area contributed by atoms with Gasteiger partial charge in [-0.1, -0.05) is 13.8 Å². The van der Waals surface area contributed by atoms with Gasteiger partial charge in [0.15, 0.2) is 5.96 Å². The lowest BCUT2D eigenvalue weighted by Crippen LogP contribution is -2.41. The summed E-state index contributed by atoms with van der Waals surface area (Å²) in [7, 11) is 3.90. The molecule has 1 atom stereocenters. The highest BCUT2D eigenvalue weighted by atomic mass is 32.1. The Hall–Kier alpha value is -1.15. The first-order chi connectivity index (χ1) is 13.2. The molecule has 1 heterocycles. The van der Waals surface area contributed by atoms with Crippen molar-refractivity contribution in [1.82, 2.24) is 20.4 Å². The van der Waals surface area contributed by atoms with Crippen LogP contribution in [0, 0.1) is 0 Å². The summed E-state index contributed by atoms with van der Waals surface area (Å²) in [6.07, 6.45) is 1.06. The van der Waals surface area contributed by atoms with E-state index in [1.807, 2.05) is 0 Å². The first kappa shape index (κ1) is 23.9. The number of thiophene rings is 1. The van der Waals surface area contributed by atoms with Crippen molar-refractivity contribution in [2.24, 2.45) is 4.99 Å². The minimum atomic E-state index is 0.332. The Labute approximate surface area is 170 Å². The minimum Gasteiger partial charge on any atom is -0.385 e. The van der Waals surface area contributed by atoms with E-state index in [2.05, 4.69) is 65.1 Å². The minimum absolute atomic E-state index is 0.332. The van der Waals surface area contributed by atoms with E-state index in [9.17, 15) is 0 Å². The summed E-state index contributed by atoms with van der Waals surface area (Å²) in [5.41, 5.74) is 1.36. The molecule has 6 nitrogen and oxygen atoms in total. The van der Waals surface area contributed by atoms with Crippen LogP contribution in [0.15, 0.2) is 21.8 Å². The predicted octanol–water partition coefficient (Wildman–Crippen LogP) is 2.65. The molecule has 0 aliphatic rings. The van der Waals surface area contributed by atoms with Crippen molar-refractivity contribution in [3.63, 3.8) is 0 Å². The number of hydrogen-bond donors (Lipinski definition) is 2. The summed E-state index contributed by atoms with van der Waals surface area (Å²) in [4.78, 5) is 9.67. The molecule has 2 N–H and O–H groups in total. The summed E-state index contributed by atoms with van der Waals surface area (Å²) in [5, 5.41) is 11.2. The molecule has 0 saturated heterocycles. The van der Waals surface area contributed by atoms with Crippen molar-refractivity contribution < 1.29 is 4.74 Å². The van der Waals surface area contributed by atoms with Gasteiger partial charge in [-0.2, -0.15) is 11.3 Å². The molecule has 0 aliphatic heterocycles. The third-order valence-corrected chi connectivity index (χ3v) is 5.32. The van der Waals surface area contributed by atoms with Gasteiger partial charge in [-0.25, -0.2) is 0 Å². The molecule has 0 radical (unpaired) electrons. The van der Waals surface area contributed by atoms with Crippen molar-refractivity contribution in [2.75, 3.05) is 66.6 Å². The van der Waals surface area contributed by atoms with Crippen LogP contribution in [0.2, 0.25) is 0 Å². The maximum atomic E-state index is 5.11. The quantitative estimate of drug-likeness (QED) is 0.287. The van der Waals surface area contributed by atoms with Crippen LogP contribution in [-0.4, -0.2) is 82.3 Å². The number of rotatable bonds is 14. The van der Waals surface area contributed by atoms with Gasteiger partial charge >= 0.3 is 0 Å². The maximum absolute atomic E-state index is 5.11. The van der Waals surface area contributed by atoms with Gasteiger partial charge in [-0.15, -0.1) is 0 Å². The Kier molecular flexibility index (Phi) is 13.1. The highest BCUT2D eigenvalue weighted by Gasteiger charge is 2.18. The molecular weight excluding hydrogens is 358 g/mol. The smallest absolute Gasteiger partial charge is 0.191 e. The molecule has 1 rings (SSSR count). The van der Waals surface area contributed by atoms with Crippen LogP contribution >= 0.6 is 11.3 Å². The fourth-order valence-corrected chi connectivity index (χ4v) is 3.74. The largest absolute Gasteiger partial charge is 0.385 e. The molecule has 0 fully saturated rings. The number of methoxy groups -OCH3 is 1. The van der Waals surface area contributed by atoms with Crippen molar-refractivity contribution >= 4 is 17.3 Å². The molecule has 1 aromatic heterocycles. The molecule has 156 valence electrons. The maximum Gasteiger partial charge on any atom is 0.191 e. The number of aliphatic imine (C=N–C) groups is 1. The number of ether oxygens (including phenoxy) is 1. The topological polar surface area (TPSA) is 52.1 Å². The highest BCUT2D eigenvalue weighted by molar-refractivity contribution is 7.07. The Morgan fingerprint density at radius 2 is 2.00 bits per heavy atom. The van der Waals surface area contributed by atoms with Gasteiger partial charge in [0.1, 0.15) is 0 Å². The highest BCUT2D eigenvalue weighted by Crippen LogP contribution is 2.23. The van der Waals surface area contributed by atoms with Gasteiger partial charge < -0.3 is 20.3 Å². The zero-order valence-corrected chi connectivity index (χ0v) is 18.6. The lowest BCUT2D eigenvalue weighted by Gasteiger charge is -2.28. The molecule has 0 spiro atoms. The first-order valence-corrected chi connectivity index (χ1v) is 11.1. The molecule has 27 heavy (non-hydrogen) atoms. The van der Waals surface area contributed by atoms with Crippen molar-refractivity contribution in [2.45, 2.75) is 33.2 Å². The Morgan fingerprint density at radius 1 is 1.22 bits per heavy atom. The molecule has 1 unspecified atom stereocenters. The van der Waals surface area contributed by atoms with Gasteiger partial charge in [-0.3, -0.25) is 9.89 Å². The number of likely N-dealkylation sites (N-methyl/N-ethyl adjacent to an activating group) is 2. The Balaban J connectivity index is 2.59. The SMILES string of the molecule is CCNC(=NCC(c1ccsc1)N(CC)CC)NCCN(C)CCCOC. The number of nitrogens with one attached hydrogen (secondary N) is 2. The van der Waals surface area contributed by atoms with E-state index in [1.54, 1.807) is 18.4 Å². The molecule has 7 heteroatoms. The van der Waals surface area contributed by atoms with Crippen LogP contribution in [0.1, 0.15) is 38.8 Å². The lowest BCUT2D eigenvalue weighted by molar-refractivity contribution is 0.180. The summed E-state index contributed by atoms with van der Waals surface area (Å²) in [6.45, 7) is 14.0. The van der Waals surface area contributed by atoms with E-state index in [0.717, 1.165) is 64.8 Å². The van der Waals surface area contributed by atoms with Gasteiger partial charge in [0.2, 0.25) is 0 Å². The third kappa shape index (κ3) is 9.55. The third-order valence-electron chi connectivity index (χ3n) is 4.62. The van der Waals surface area contributed by atoms with Crippen LogP contribution in [0.3, 0.4) is 0 Å². The number of hydrogen-bond acceptors (Lipinski definition) is 5. The van der Waals surface area contributed by atoms with E-state index in [0.29, 0.717) is 6.04 Å². The molecule has 1 aromatic rings. The summed E-state index contributed by atoms with van der Waals surface area (Å²) >= 11 is 1.76. The fraction of sp³-hybridized carbons (Fsp3) is 0.750. The van der Waals surface area contributed by atoms with Gasteiger partial charge in [0, 0.05) is 39.9 Å². The molecule has 0 saturated carbocycles. The van der Waals surface area contributed by atoms with Crippen LogP contribution in [0.25, 0.3) is 0 Å². The van der Waals surface area contributed by atoms with Crippen LogP contribution < -0.4 is 10.6 Å². The van der Waals surface area contributed by atoms with Gasteiger partial charge in [-0.05, 0) is 55.9 Å². The summed E-state index contributed by atoms with van der Waals surface area (Å²) in [6, 6.07) is 2.55. The summed E-state index contributed by atoms with van der Waals surface area (Å²) in [5.74, 6) is 0.898. The number of nitrogens with zero attached hydrogens (tertiary/aromatic N) is 3. The monoisotopic (exact) mass is 397 g/mol. The average Bonchev–Trinajstić information content (AvgIpc) is 3.19. The second kappa shape index (κ2) is 14.9. The predicted molar refractivity (Wildman–Crippen MR) is 118 cm³/mol. The number of guanidine groups is 1. The Bertz CT molecular complexity index is 491. The molecule has 0 aromatic carbocycles.